The van der Waals surface area contributed by atoms with Crippen molar-refractivity contribution in [1.29, 1.82) is 0 Å². The number of nitrogens with two attached hydrogens (primary N) is 1. The highest BCUT2D eigenvalue weighted by Crippen LogP contribution is 2.43. The molecule has 0 aromatic rings. The van der Waals surface area contributed by atoms with Gasteiger partial charge in [0.2, 0.25) is 0 Å². The fourth-order valence-corrected chi connectivity index (χ4v) is 6.89. The summed E-state index contributed by atoms with van der Waals surface area (Å²) in [5.41, 5.74) is 5.35. The van der Waals surface area contributed by atoms with Crippen LogP contribution in [0, 0.1) is 0 Å². The van der Waals surface area contributed by atoms with E-state index in [1.54, 1.807) is 0 Å². The van der Waals surface area contributed by atoms with Crippen LogP contribution < -0.4 is 5.73 Å². The van der Waals surface area contributed by atoms with Crippen LogP contribution >= 0.6 is 7.82 Å². The molecule has 0 aliphatic rings. The third kappa shape index (κ3) is 41.7. The molecule has 55 heavy (non-hydrogen) atoms. The van der Waals surface area contributed by atoms with Crippen LogP contribution in [-0.2, 0) is 32.7 Å². The second kappa shape index (κ2) is 41.9. The second-order valence-electron chi connectivity index (χ2n) is 14.9. The van der Waals surface area contributed by atoms with Crippen molar-refractivity contribution in [3.8, 4) is 0 Å². The number of hydrogen-bond donors (Lipinski definition) is 2. The Kier molecular flexibility index (Phi) is 40.5. The summed E-state index contributed by atoms with van der Waals surface area (Å²) in [5.74, 6) is -0.844. The van der Waals surface area contributed by atoms with Crippen LogP contribution in [-0.4, -0.2) is 49.3 Å². The monoisotopic (exact) mass is 798 g/mol. The number of rotatable bonds is 42. The molecule has 0 aromatic carbocycles. The normalized spacial score (nSPS) is 13.6. The summed E-state index contributed by atoms with van der Waals surface area (Å²) in [4.78, 5) is 34.9. The van der Waals surface area contributed by atoms with Crippen molar-refractivity contribution in [3.05, 3.63) is 36.5 Å². The zero-order chi connectivity index (χ0) is 40.3. The van der Waals surface area contributed by atoms with Crippen LogP contribution in [0.25, 0.3) is 0 Å². The molecule has 0 amide bonds. The van der Waals surface area contributed by atoms with Gasteiger partial charge in [0.1, 0.15) is 6.61 Å². The summed E-state index contributed by atoms with van der Waals surface area (Å²) in [6.45, 7) is 3.71. The van der Waals surface area contributed by atoms with E-state index in [4.69, 9.17) is 24.3 Å². The number of unbranched alkanes of at least 4 members (excludes halogenated alkanes) is 23. The standard InChI is InChI=1S/C45H84NO8P/c1-3-5-7-9-11-13-15-17-19-21-22-24-26-28-30-32-34-36-38-45(48)54-43(42-53-55(49,50)52-40-39-46)41-51-44(47)37-35-33-31-29-27-25-23-20-18-16-14-12-10-8-6-4-2/h13,15,19-21,23,43H,3-12,14,16-18,22,24-42,46H2,1-2H3,(H,49,50)/b15-13-,21-19-,23-20-. The molecule has 10 heteroatoms. The lowest BCUT2D eigenvalue weighted by molar-refractivity contribution is -0.161. The van der Waals surface area contributed by atoms with Gasteiger partial charge >= 0.3 is 19.8 Å². The van der Waals surface area contributed by atoms with E-state index in [1.165, 1.54) is 103 Å². The lowest BCUT2D eigenvalue weighted by atomic mass is 10.1. The number of allylic oxidation sites excluding steroid dienone is 6. The summed E-state index contributed by atoms with van der Waals surface area (Å²) >= 11 is 0. The average Bonchev–Trinajstić information content (AvgIpc) is 3.17. The minimum absolute atomic E-state index is 0.0507. The minimum Gasteiger partial charge on any atom is -0.462 e. The lowest BCUT2D eigenvalue weighted by Gasteiger charge is -2.19. The molecule has 2 atom stereocenters. The number of hydrogen-bond acceptors (Lipinski definition) is 8. The Morgan fingerprint density at radius 1 is 0.545 bits per heavy atom. The summed E-state index contributed by atoms with van der Waals surface area (Å²) in [5, 5.41) is 0. The molecule has 0 radical (unpaired) electrons. The van der Waals surface area contributed by atoms with Gasteiger partial charge < -0.3 is 20.1 Å². The molecule has 2 unspecified atom stereocenters. The molecule has 0 spiro atoms. The quantitative estimate of drug-likeness (QED) is 0.0268. The van der Waals surface area contributed by atoms with Crippen molar-refractivity contribution in [3.63, 3.8) is 0 Å². The molecule has 0 saturated heterocycles. The first-order valence-corrected chi connectivity index (χ1v) is 24.0. The lowest BCUT2D eigenvalue weighted by Crippen LogP contribution is -2.29. The second-order valence-corrected chi connectivity index (χ2v) is 16.4. The van der Waals surface area contributed by atoms with Crippen molar-refractivity contribution in [2.75, 3.05) is 26.4 Å². The van der Waals surface area contributed by atoms with E-state index >= 15 is 0 Å². The van der Waals surface area contributed by atoms with Crippen molar-refractivity contribution < 1.29 is 37.6 Å². The van der Waals surface area contributed by atoms with Crippen LogP contribution in [0.15, 0.2) is 36.5 Å². The minimum atomic E-state index is -4.38. The number of phosphoric acid groups is 1. The maximum absolute atomic E-state index is 12.6. The van der Waals surface area contributed by atoms with Gasteiger partial charge in [-0.15, -0.1) is 0 Å². The van der Waals surface area contributed by atoms with E-state index in [0.717, 1.165) is 70.6 Å². The predicted molar refractivity (Wildman–Crippen MR) is 229 cm³/mol. The van der Waals surface area contributed by atoms with E-state index in [-0.39, 0.29) is 32.6 Å². The van der Waals surface area contributed by atoms with E-state index in [9.17, 15) is 19.0 Å². The number of carbonyl (C=O) groups is 2. The maximum atomic E-state index is 12.6. The van der Waals surface area contributed by atoms with Gasteiger partial charge in [-0.3, -0.25) is 18.6 Å². The largest absolute Gasteiger partial charge is 0.472 e. The Morgan fingerprint density at radius 2 is 0.945 bits per heavy atom. The van der Waals surface area contributed by atoms with Gasteiger partial charge in [-0.2, -0.15) is 0 Å². The van der Waals surface area contributed by atoms with Crippen LogP contribution in [0.4, 0.5) is 0 Å². The van der Waals surface area contributed by atoms with Gasteiger partial charge in [-0.25, -0.2) is 4.57 Å². The summed E-state index contributed by atoms with van der Waals surface area (Å²) in [6.07, 6.45) is 46.0. The molecule has 0 aromatic heterocycles. The van der Waals surface area contributed by atoms with Crippen molar-refractivity contribution >= 4 is 19.8 Å². The molecule has 0 bridgehead atoms. The summed E-state index contributed by atoms with van der Waals surface area (Å²) in [6, 6.07) is 0. The molecule has 0 rings (SSSR count). The smallest absolute Gasteiger partial charge is 0.462 e. The highest BCUT2D eigenvalue weighted by atomic mass is 31.2. The highest BCUT2D eigenvalue weighted by Gasteiger charge is 2.26. The topological polar surface area (TPSA) is 134 Å². The van der Waals surface area contributed by atoms with Crippen LogP contribution in [0.5, 0.6) is 0 Å². The van der Waals surface area contributed by atoms with Crippen molar-refractivity contribution in [2.24, 2.45) is 5.73 Å². The third-order valence-electron chi connectivity index (χ3n) is 9.50. The van der Waals surface area contributed by atoms with E-state index in [2.05, 4.69) is 50.3 Å². The SMILES string of the molecule is CCCCCC/C=C\C/C=C\CCCCCCCCCC(=O)OC(COC(=O)CCCCCCC/C=C\CCCCCCCCC)COP(=O)(O)OCCN. The summed E-state index contributed by atoms with van der Waals surface area (Å²) < 4.78 is 32.8. The number of ether oxygens (including phenoxy) is 2. The van der Waals surface area contributed by atoms with Gasteiger partial charge in [0, 0.05) is 19.4 Å². The van der Waals surface area contributed by atoms with Gasteiger partial charge in [-0.05, 0) is 70.6 Å². The first-order chi connectivity index (χ1) is 26.8. The Bertz CT molecular complexity index is 1000. The van der Waals surface area contributed by atoms with Gasteiger partial charge in [0.25, 0.3) is 0 Å². The molecule has 0 saturated carbocycles. The van der Waals surface area contributed by atoms with Crippen LogP contribution in [0.2, 0.25) is 0 Å². The molecule has 322 valence electrons. The van der Waals surface area contributed by atoms with Crippen LogP contribution in [0.3, 0.4) is 0 Å². The Hall–Kier alpha value is -1.77. The molecule has 0 heterocycles. The van der Waals surface area contributed by atoms with Crippen molar-refractivity contribution in [1.82, 2.24) is 0 Å². The summed E-state index contributed by atoms with van der Waals surface area (Å²) in [7, 11) is -4.38. The van der Waals surface area contributed by atoms with E-state index < -0.39 is 32.5 Å². The van der Waals surface area contributed by atoms with E-state index in [0.29, 0.717) is 6.42 Å². The molecule has 0 fully saturated rings. The van der Waals surface area contributed by atoms with Crippen molar-refractivity contribution in [2.45, 2.75) is 213 Å². The first kappa shape index (κ1) is 53.2. The Balaban J connectivity index is 4.16. The molecule has 3 N–H and O–H groups in total. The fourth-order valence-electron chi connectivity index (χ4n) is 6.13. The molecule has 9 nitrogen and oxygen atoms in total. The van der Waals surface area contributed by atoms with Gasteiger partial charge in [0.15, 0.2) is 6.10 Å². The van der Waals surface area contributed by atoms with Crippen LogP contribution in [0.1, 0.15) is 206 Å². The first-order valence-electron chi connectivity index (χ1n) is 22.5. The maximum Gasteiger partial charge on any atom is 0.472 e. The van der Waals surface area contributed by atoms with Gasteiger partial charge in [0.05, 0.1) is 13.2 Å². The zero-order valence-electron chi connectivity index (χ0n) is 35.4. The highest BCUT2D eigenvalue weighted by molar-refractivity contribution is 7.47. The zero-order valence-corrected chi connectivity index (χ0v) is 36.3. The third-order valence-corrected chi connectivity index (χ3v) is 10.5. The predicted octanol–water partition coefficient (Wildman–Crippen LogP) is 12.9. The molecule has 0 aliphatic carbocycles. The Morgan fingerprint density at radius 3 is 1.42 bits per heavy atom. The van der Waals surface area contributed by atoms with E-state index in [1.807, 2.05) is 0 Å². The molecule has 0 aliphatic heterocycles. The number of carbonyl (C=O) groups excluding carboxylic acids is 2. The van der Waals surface area contributed by atoms with Gasteiger partial charge in [-0.1, -0.05) is 159 Å². The Labute approximate surface area is 337 Å². The fraction of sp³-hybridized carbons (Fsp3) is 0.822. The number of phosphoric ester groups is 1. The number of esters is 2. The molecular weight excluding hydrogens is 713 g/mol. The molecular formula is C45H84NO8P. The average molecular weight is 798 g/mol.